The topological polar surface area (TPSA) is 20.7 Å². The summed E-state index contributed by atoms with van der Waals surface area (Å²) in [5.41, 5.74) is 0. The molecule has 0 aliphatic rings. The van der Waals surface area contributed by atoms with E-state index >= 15 is 0 Å². The Morgan fingerprint density at radius 1 is 1.70 bits per heavy atom. The number of aryl methyl sites for hydroxylation is 1. The summed E-state index contributed by atoms with van der Waals surface area (Å²) in [5.74, 6) is 0. The summed E-state index contributed by atoms with van der Waals surface area (Å²) in [6.07, 6.45) is 6.40. The normalized spacial score (nSPS) is 10.2. The van der Waals surface area contributed by atoms with E-state index in [4.69, 9.17) is 0 Å². The summed E-state index contributed by atoms with van der Waals surface area (Å²) in [6.45, 7) is 3.27. The zero-order chi connectivity index (χ0) is 7.40. The van der Waals surface area contributed by atoms with Crippen LogP contribution in [0.25, 0.3) is 0 Å². The second kappa shape index (κ2) is 3.79. The number of unbranched alkanes of at least 4 members (excludes halogenated alkanes) is 1. The van der Waals surface area contributed by atoms with Crippen molar-refractivity contribution in [2.24, 2.45) is 0 Å². The molecule has 1 N–H and O–H groups in total. The molecule has 0 radical (unpaired) electrons. The summed E-state index contributed by atoms with van der Waals surface area (Å²) in [4.78, 5) is 3.03. The van der Waals surface area contributed by atoms with E-state index in [0.717, 1.165) is 10.9 Å². The van der Waals surface area contributed by atoms with Crippen molar-refractivity contribution < 1.29 is 15.6 Å². The van der Waals surface area contributed by atoms with Gasteiger partial charge in [-0.05, 0) is 0 Å². The van der Waals surface area contributed by atoms with Crippen LogP contribution in [-0.4, -0.2) is 9.55 Å². The van der Waals surface area contributed by atoms with E-state index in [1.807, 2.05) is 12.4 Å². The maximum atomic E-state index is 3.84. The van der Waals surface area contributed by atoms with Crippen LogP contribution in [-0.2, 0) is 22.1 Å². The quantitative estimate of drug-likeness (QED) is 0.683. The van der Waals surface area contributed by atoms with Crippen molar-refractivity contribution in [3.8, 4) is 0 Å². The van der Waals surface area contributed by atoms with Gasteiger partial charge < -0.3 is 0 Å². The predicted octanol–water partition coefficient (Wildman–Crippen LogP) is 1.70. The van der Waals surface area contributed by atoms with E-state index in [9.17, 15) is 0 Å². The fraction of sp³-hybridized carbons (Fsp3) is 0.571. The summed E-state index contributed by atoms with van der Waals surface area (Å²) >= 11 is 3.84. The molecule has 0 aliphatic carbocycles. The minimum absolute atomic E-state index is 0.994. The number of H-pyrrole nitrogens is 1. The van der Waals surface area contributed by atoms with Crippen LogP contribution in [0.4, 0.5) is 0 Å². The van der Waals surface area contributed by atoms with Crippen molar-refractivity contribution >= 4 is 0 Å². The summed E-state index contributed by atoms with van der Waals surface area (Å²) in [7, 11) is 0. The van der Waals surface area contributed by atoms with Crippen LogP contribution in [0.15, 0.2) is 12.4 Å². The number of aromatic nitrogens is 2. The Morgan fingerprint density at radius 2 is 2.50 bits per heavy atom. The molecule has 0 aliphatic heterocycles. The first-order chi connectivity index (χ1) is 4.84. The Balaban J connectivity index is 2.57. The summed E-state index contributed by atoms with van der Waals surface area (Å²) in [5, 5.41) is 0. The first-order valence-electron chi connectivity index (χ1n) is 3.55. The van der Waals surface area contributed by atoms with Crippen LogP contribution in [0.1, 0.15) is 19.8 Å². The molecule has 0 bridgehead atoms. The molecule has 10 heavy (non-hydrogen) atoms. The second-order valence-electron chi connectivity index (χ2n) is 2.29. The molecular formula is C7H12FeN2. The van der Waals surface area contributed by atoms with Crippen LogP contribution in [0.3, 0.4) is 0 Å². The van der Waals surface area contributed by atoms with E-state index in [-0.39, 0.29) is 0 Å². The van der Waals surface area contributed by atoms with E-state index in [2.05, 4.69) is 32.1 Å². The van der Waals surface area contributed by atoms with Crippen molar-refractivity contribution in [3.05, 3.63) is 16.7 Å². The van der Waals surface area contributed by atoms with E-state index < -0.39 is 0 Å². The standard InChI is InChI=1S/C7H12N2.Fe/c1-2-3-5-9-6-4-8-7-9;/h4,6,8H,2-3,5H2,1H3;. The van der Waals surface area contributed by atoms with Gasteiger partial charge >= 0.3 is 68.2 Å². The number of imidazole rings is 1. The van der Waals surface area contributed by atoms with Gasteiger partial charge in [0.2, 0.25) is 0 Å². The van der Waals surface area contributed by atoms with Crippen LogP contribution >= 0.6 is 0 Å². The number of hydrogen-bond donors (Lipinski definition) is 1. The molecule has 0 saturated carbocycles. The molecule has 3 heteroatoms. The molecule has 0 spiro atoms. The average molecular weight is 180 g/mol. The second-order valence-corrected chi connectivity index (χ2v) is 2.81. The molecule has 1 aromatic rings. The molecule has 0 aromatic carbocycles. The van der Waals surface area contributed by atoms with Gasteiger partial charge in [0.05, 0.1) is 0 Å². The molecule has 2 nitrogen and oxygen atoms in total. The van der Waals surface area contributed by atoms with Gasteiger partial charge in [0.25, 0.3) is 0 Å². The zero-order valence-electron chi connectivity index (χ0n) is 6.08. The number of hydrogen-bond acceptors (Lipinski definition) is 0. The van der Waals surface area contributed by atoms with Gasteiger partial charge in [0.15, 0.2) is 0 Å². The first kappa shape index (κ1) is 7.83. The van der Waals surface area contributed by atoms with Crippen molar-refractivity contribution in [2.75, 3.05) is 0 Å². The van der Waals surface area contributed by atoms with Crippen molar-refractivity contribution in [1.82, 2.24) is 9.55 Å². The molecule has 0 amide bonds. The Hall–Kier alpha value is -0.271. The molecule has 0 atom stereocenters. The van der Waals surface area contributed by atoms with Gasteiger partial charge in [0.1, 0.15) is 0 Å². The van der Waals surface area contributed by atoms with Gasteiger partial charge in [-0.3, -0.25) is 0 Å². The van der Waals surface area contributed by atoms with Gasteiger partial charge in [-0.15, -0.1) is 0 Å². The summed E-state index contributed by atoms with van der Waals surface area (Å²) in [6, 6.07) is 0. The SMILES string of the molecule is CCCCn1cc[nH][c]1=[Fe]. The van der Waals surface area contributed by atoms with Gasteiger partial charge in [-0.2, -0.15) is 0 Å². The molecular weight excluding hydrogens is 168 g/mol. The minimum atomic E-state index is 0.994. The Kier molecular flexibility index (Phi) is 2.97. The zero-order valence-corrected chi connectivity index (χ0v) is 7.18. The fourth-order valence-electron chi connectivity index (χ4n) is 0.839. The van der Waals surface area contributed by atoms with E-state index in [1.165, 1.54) is 12.8 Å². The third-order valence-corrected chi connectivity index (χ3v) is 1.93. The van der Waals surface area contributed by atoms with Crippen LogP contribution in [0.2, 0.25) is 0 Å². The Bertz CT molecular complexity index is 236. The van der Waals surface area contributed by atoms with E-state index in [1.54, 1.807) is 0 Å². The third kappa shape index (κ3) is 1.86. The number of rotatable bonds is 3. The van der Waals surface area contributed by atoms with Crippen LogP contribution in [0, 0.1) is 4.32 Å². The van der Waals surface area contributed by atoms with Crippen LogP contribution < -0.4 is 0 Å². The first-order valence-corrected chi connectivity index (χ1v) is 4.11. The molecule has 1 aromatic heterocycles. The maximum absolute atomic E-state index is 3.84. The fourth-order valence-corrected chi connectivity index (χ4v) is 1.14. The average Bonchev–Trinajstić information content (AvgIpc) is 2.31. The van der Waals surface area contributed by atoms with Crippen molar-refractivity contribution in [2.45, 2.75) is 26.3 Å². The number of nitrogens with one attached hydrogen (secondary N) is 1. The molecule has 58 valence electrons. The van der Waals surface area contributed by atoms with Gasteiger partial charge in [0, 0.05) is 0 Å². The summed E-state index contributed by atoms with van der Waals surface area (Å²) < 4.78 is 3.12. The number of nitrogens with zero attached hydrogens (tertiary/aromatic N) is 1. The Labute approximate surface area is 68.6 Å². The van der Waals surface area contributed by atoms with Gasteiger partial charge in [-0.25, -0.2) is 0 Å². The van der Waals surface area contributed by atoms with Crippen molar-refractivity contribution in [3.63, 3.8) is 0 Å². The molecule has 0 saturated heterocycles. The molecule has 0 fully saturated rings. The monoisotopic (exact) mass is 180 g/mol. The molecule has 1 rings (SSSR count). The van der Waals surface area contributed by atoms with Crippen molar-refractivity contribution in [1.29, 1.82) is 0 Å². The third-order valence-electron chi connectivity index (χ3n) is 1.45. The predicted molar refractivity (Wildman–Crippen MR) is 36.9 cm³/mol. The van der Waals surface area contributed by atoms with Crippen LogP contribution in [0.5, 0.6) is 0 Å². The molecule has 1 heterocycles. The number of aromatic amines is 1. The Morgan fingerprint density at radius 3 is 3.00 bits per heavy atom. The van der Waals surface area contributed by atoms with E-state index in [0.29, 0.717) is 0 Å². The molecule has 0 unspecified atom stereocenters. The van der Waals surface area contributed by atoms with Gasteiger partial charge in [-0.1, -0.05) is 0 Å².